The summed E-state index contributed by atoms with van der Waals surface area (Å²) in [5, 5.41) is 3.03. The average molecular weight is 325 g/mol. The van der Waals surface area contributed by atoms with Gasteiger partial charge in [0, 0.05) is 12.0 Å². The molecule has 2 fully saturated rings. The van der Waals surface area contributed by atoms with Gasteiger partial charge in [-0.05, 0) is 50.2 Å². The van der Waals surface area contributed by atoms with E-state index in [0.29, 0.717) is 5.92 Å². The Labute approximate surface area is 138 Å². The highest BCUT2D eigenvalue weighted by molar-refractivity contribution is 5.94. The van der Waals surface area contributed by atoms with Crippen LogP contribution in [0.1, 0.15) is 38.5 Å². The molecule has 1 aromatic carbocycles. The molecule has 0 heterocycles. The van der Waals surface area contributed by atoms with Crippen LogP contribution in [0.25, 0.3) is 0 Å². The van der Waals surface area contributed by atoms with Gasteiger partial charge in [0.1, 0.15) is 5.75 Å². The zero-order chi connectivity index (χ0) is 14.7. The van der Waals surface area contributed by atoms with E-state index in [1.54, 1.807) is 0 Å². The molecular formula is C17H25ClN2O2. The first kappa shape index (κ1) is 17.1. The van der Waals surface area contributed by atoms with E-state index in [0.717, 1.165) is 43.7 Å². The molecule has 2 aliphatic carbocycles. The first-order valence-electron chi connectivity index (χ1n) is 8.00. The van der Waals surface area contributed by atoms with E-state index >= 15 is 0 Å². The number of carbonyl (C=O) groups is 1. The third kappa shape index (κ3) is 4.62. The quantitative estimate of drug-likeness (QED) is 0.873. The largest absolute Gasteiger partial charge is 0.491 e. The molecule has 5 heteroatoms. The molecule has 2 atom stereocenters. The van der Waals surface area contributed by atoms with Crippen LogP contribution in [0.5, 0.6) is 5.75 Å². The number of ether oxygens (including phenoxy) is 1. The van der Waals surface area contributed by atoms with Gasteiger partial charge in [0.05, 0.1) is 12.3 Å². The molecule has 122 valence electrons. The number of carbonyl (C=O) groups excluding carboxylic acids is 1. The summed E-state index contributed by atoms with van der Waals surface area (Å²) in [6, 6.07) is 7.85. The van der Waals surface area contributed by atoms with Crippen molar-refractivity contribution in [2.45, 2.75) is 44.6 Å². The molecule has 2 aliphatic rings. The molecule has 1 amide bonds. The molecule has 0 saturated heterocycles. The minimum Gasteiger partial charge on any atom is -0.491 e. The predicted octanol–water partition coefficient (Wildman–Crippen LogP) is 3.35. The van der Waals surface area contributed by atoms with Gasteiger partial charge in [0.15, 0.2) is 0 Å². The van der Waals surface area contributed by atoms with E-state index in [1.165, 1.54) is 12.8 Å². The number of para-hydroxylation sites is 2. The van der Waals surface area contributed by atoms with Crippen LogP contribution >= 0.6 is 12.4 Å². The minimum absolute atomic E-state index is 0. The summed E-state index contributed by atoms with van der Waals surface area (Å²) in [5.41, 5.74) is 6.75. The Balaban J connectivity index is 0.00000176. The highest BCUT2D eigenvalue weighted by atomic mass is 35.5. The molecule has 3 N–H and O–H groups in total. The molecule has 0 aliphatic heterocycles. The maximum atomic E-state index is 12.4. The van der Waals surface area contributed by atoms with E-state index < -0.39 is 0 Å². The zero-order valence-electron chi connectivity index (χ0n) is 12.8. The molecule has 4 nitrogen and oxygen atoms in total. The molecule has 3 rings (SSSR count). The Morgan fingerprint density at radius 3 is 2.73 bits per heavy atom. The SMILES string of the molecule is Cl.NC1CCCC(C(=O)Nc2ccccc2OCC2CC2)C1. The molecular weight excluding hydrogens is 300 g/mol. The Morgan fingerprint density at radius 2 is 2.00 bits per heavy atom. The van der Waals surface area contributed by atoms with Crippen molar-refractivity contribution in [3.63, 3.8) is 0 Å². The van der Waals surface area contributed by atoms with Crippen LogP contribution in [0.2, 0.25) is 0 Å². The second kappa shape index (κ2) is 7.84. The molecule has 2 saturated carbocycles. The number of hydrogen-bond donors (Lipinski definition) is 2. The van der Waals surface area contributed by atoms with Crippen LogP contribution in [0.4, 0.5) is 5.69 Å². The Hall–Kier alpha value is -1.26. The Kier molecular flexibility index (Phi) is 6.09. The van der Waals surface area contributed by atoms with Gasteiger partial charge in [-0.3, -0.25) is 4.79 Å². The maximum Gasteiger partial charge on any atom is 0.227 e. The second-order valence-electron chi connectivity index (χ2n) is 6.36. The standard InChI is InChI=1S/C17H24N2O2.ClH/c18-14-5-3-4-13(10-14)17(20)19-15-6-1-2-7-16(15)21-11-12-8-9-12;/h1-2,6-7,12-14H,3-5,8-11,18H2,(H,19,20);1H. The fraction of sp³-hybridized carbons (Fsp3) is 0.588. The first-order valence-corrected chi connectivity index (χ1v) is 8.00. The number of amides is 1. The highest BCUT2D eigenvalue weighted by Crippen LogP contribution is 2.32. The lowest BCUT2D eigenvalue weighted by atomic mass is 9.85. The topological polar surface area (TPSA) is 64.4 Å². The monoisotopic (exact) mass is 324 g/mol. The van der Waals surface area contributed by atoms with Crippen molar-refractivity contribution in [3.8, 4) is 5.75 Å². The summed E-state index contributed by atoms with van der Waals surface area (Å²) in [7, 11) is 0. The Morgan fingerprint density at radius 1 is 1.23 bits per heavy atom. The van der Waals surface area contributed by atoms with Gasteiger partial charge in [-0.1, -0.05) is 18.6 Å². The van der Waals surface area contributed by atoms with Crippen molar-refractivity contribution < 1.29 is 9.53 Å². The van der Waals surface area contributed by atoms with Gasteiger partial charge in [0.2, 0.25) is 5.91 Å². The van der Waals surface area contributed by atoms with Crippen LogP contribution in [-0.4, -0.2) is 18.6 Å². The lowest BCUT2D eigenvalue weighted by molar-refractivity contribution is -0.120. The highest BCUT2D eigenvalue weighted by Gasteiger charge is 2.26. The lowest BCUT2D eigenvalue weighted by Crippen LogP contribution is -2.34. The molecule has 0 spiro atoms. The average Bonchev–Trinajstić information content (AvgIpc) is 3.30. The summed E-state index contributed by atoms with van der Waals surface area (Å²) >= 11 is 0. The number of nitrogens with two attached hydrogens (primary N) is 1. The van der Waals surface area contributed by atoms with Gasteiger partial charge >= 0.3 is 0 Å². The predicted molar refractivity (Wildman–Crippen MR) is 90.5 cm³/mol. The number of rotatable bonds is 5. The van der Waals surface area contributed by atoms with Crippen LogP contribution in [-0.2, 0) is 4.79 Å². The molecule has 2 unspecified atom stereocenters. The van der Waals surface area contributed by atoms with Gasteiger partial charge in [-0.25, -0.2) is 0 Å². The smallest absolute Gasteiger partial charge is 0.227 e. The summed E-state index contributed by atoms with van der Waals surface area (Å²) in [6.07, 6.45) is 6.31. The maximum absolute atomic E-state index is 12.4. The minimum atomic E-state index is 0. The Bertz CT molecular complexity index is 505. The zero-order valence-corrected chi connectivity index (χ0v) is 13.6. The van der Waals surface area contributed by atoms with Gasteiger partial charge in [-0.15, -0.1) is 12.4 Å². The van der Waals surface area contributed by atoms with E-state index in [-0.39, 0.29) is 30.3 Å². The van der Waals surface area contributed by atoms with E-state index in [1.807, 2.05) is 24.3 Å². The molecule has 0 aromatic heterocycles. The number of halogens is 1. The van der Waals surface area contributed by atoms with Crippen molar-refractivity contribution in [1.82, 2.24) is 0 Å². The van der Waals surface area contributed by atoms with Crippen LogP contribution < -0.4 is 15.8 Å². The van der Waals surface area contributed by atoms with Gasteiger partial charge in [-0.2, -0.15) is 0 Å². The summed E-state index contributed by atoms with van der Waals surface area (Å²) in [6.45, 7) is 0.751. The summed E-state index contributed by atoms with van der Waals surface area (Å²) in [4.78, 5) is 12.4. The third-order valence-corrected chi connectivity index (χ3v) is 4.40. The normalized spacial score (nSPS) is 24.2. The fourth-order valence-corrected chi connectivity index (χ4v) is 2.89. The van der Waals surface area contributed by atoms with Crippen molar-refractivity contribution in [1.29, 1.82) is 0 Å². The first-order chi connectivity index (χ1) is 10.2. The van der Waals surface area contributed by atoms with Crippen molar-refractivity contribution >= 4 is 24.0 Å². The van der Waals surface area contributed by atoms with E-state index in [2.05, 4.69) is 5.32 Å². The number of hydrogen-bond acceptors (Lipinski definition) is 3. The summed E-state index contributed by atoms with van der Waals surface area (Å²) in [5.74, 6) is 1.58. The number of benzene rings is 1. The van der Waals surface area contributed by atoms with Gasteiger partial charge < -0.3 is 15.8 Å². The third-order valence-electron chi connectivity index (χ3n) is 4.40. The lowest BCUT2D eigenvalue weighted by Gasteiger charge is -2.26. The molecule has 0 bridgehead atoms. The van der Waals surface area contributed by atoms with Crippen LogP contribution in [0.3, 0.4) is 0 Å². The van der Waals surface area contributed by atoms with Gasteiger partial charge in [0.25, 0.3) is 0 Å². The summed E-state index contributed by atoms with van der Waals surface area (Å²) < 4.78 is 5.83. The fourth-order valence-electron chi connectivity index (χ4n) is 2.89. The molecule has 0 radical (unpaired) electrons. The molecule has 22 heavy (non-hydrogen) atoms. The van der Waals surface area contributed by atoms with Crippen LogP contribution in [0, 0.1) is 11.8 Å². The number of anilines is 1. The van der Waals surface area contributed by atoms with Crippen molar-refractivity contribution in [2.75, 3.05) is 11.9 Å². The van der Waals surface area contributed by atoms with Crippen molar-refractivity contribution in [3.05, 3.63) is 24.3 Å². The van der Waals surface area contributed by atoms with Crippen LogP contribution in [0.15, 0.2) is 24.3 Å². The number of nitrogens with one attached hydrogen (secondary N) is 1. The van der Waals surface area contributed by atoms with E-state index in [9.17, 15) is 4.79 Å². The van der Waals surface area contributed by atoms with E-state index in [4.69, 9.17) is 10.5 Å². The second-order valence-corrected chi connectivity index (χ2v) is 6.36. The van der Waals surface area contributed by atoms with Crippen molar-refractivity contribution in [2.24, 2.45) is 17.6 Å². The molecule has 1 aromatic rings.